The van der Waals surface area contributed by atoms with Crippen LogP contribution in [-0.4, -0.2) is 24.0 Å². The molecule has 122 valence electrons. The number of halogens is 1. The molecule has 2 unspecified atom stereocenters. The maximum absolute atomic E-state index is 12.1. The van der Waals surface area contributed by atoms with Crippen molar-refractivity contribution >= 4 is 17.5 Å². The summed E-state index contributed by atoms with van der Waals surface area (Å²) in [6.07, 6.45) is 1.51. The molecule has 2 aromatic rings. The van der Waals surface area contributed by atoms with Crippen LogP contribution in [0.25, 0.3) is 0 Å². The lowest BCUT2D eigenvalue weighted by Gasteiger charge is -2.19. The third-order valence-electron chi connectivity index (χ3n) is 3.49. The molecule has 6 heteroatoms. The van der Waals surface area contributed by atoms with Gasteiger partial charge in [-0.05, 0) is 11.6 Å². The summed E-state index contributed by atoms with van der Waals surface area (Å²) in [5, 5.41) is 3.37. The summed E-state index contributed by atoms with van der Waals surface area (Å²) in [6, 6.07) is 12.6. The van der Waals surface area contributed by atoms with Crippen molar-refractivity contribution in [2.75, 3.05) is 13.2 Å². The van der Waals surface area contributed by atoms with Gasteiger partial charge in [-0.3, -0.25) is 4.79 Å². The van der Waals surface area contributed by atoms with Crippen molar-refractivity contribution in [3.05, 3.63) is 59.2 Å². The van der Waals surface area contributed by atoms with E-state index in [9.17, 15) is 4.79 Å². The Kier molecular flexibility index (Phi) is 6.38. The third kappa shape index (κ3) is 5.23. The van der Waals surface area contributed by atoms with Crippen molar-refractivity contribution in [3.63, 3.8) is 0 Å². The van der Waals surface area contributed by atoms with Crippen molar-refractivity contribution in [2.45, 2.75) is 13.0 Å². The fourth-order valence-electron chi connectivity index (χ4n) is 2.07. The largest absolute Gasteiger partial charge is 0.476 e. The zero-order valence-corrected chi connectivity index (χ0v) is 13.7. The summed E-state index contributed by atoms with van der Waals surface area (Å²) in [6.45, 7) is 2.53. The van der Waals surface area contributed by atoms with Crippen molar-refractivity contribution < 1.29 is 9.53 Å². The van der Waals surface area contributed by atoms with Crippen LogP contribution >= 0.6 is 11.6 Å². The van der Waals surface area contributed by atoms with Gasteiger partial charge in [0.25, 0.3) is 0 Å². The molecule has 3 N–H and O–H groups in total. The highest BCUT2D eigenvalue weighted by Gasteiger charge is 2.21. The molecule has 0 bridgehead atoms. The minimum Gasteiger partial charge on any atom is -0.476 e. The highest BCUT2D eigenvalue weighted by Crippen LogP contribution is 2.18. The minimum absolute atomic E-state index is 0.103. The van der Waals surface area contributed by atoms with E-state index in [4.69, 9.17) is 22.1 Å². The molecule has 0 saturated heterocycles. The standard InChI is InChI=1S/C17H20ClN3O2/c1-12(16(19)13-5-3-2-4-6-13)17(22)20-9-10-23-15-8-7-14(18)11-21-15/h2-8,11-12,16H,9-10,19H2,1H3,(H,20,22). The van der Waals surface area contributed by atoms with Crippen LogP contribution in [-0.2, 0) is 4.79 Å². The molecule has 1 amide bonds. The number of benzene rings is 1. The van der Waals surface area contributed by atoms with Crippen LogP contribution < -0.4 is 15.8 Å². The van der Waals surface area contributed by atoms with Crippen molar-refractivity contribution in [1.29, 1.82) is 0 Å². The molecule has 0 radical (unpaired) electrons. The van der Waals surface area contributed by atoms with Crippen LogP contribution in [0.2, 0.25) is 5.02 Å². The van der Waals surface area contributed by atoms with E-state index in [0.29, 0.717) is 24.1 Å². The molecule has 23 heavy (non-hydrogen) atoms. The molecule has 1 aromatic carbocycles. The molecule has 0 saturated carbocycles. The lowest BCUT2D eigenvalue weighted by atomic mass is 9.95. The van der Waals surface area contributed by atoms with Crippen LogP contribution in [0.4, 0.5) is 0 Å². The van der Waals surface area contributed by atoms with E-state index in [-0.39, 0.29) is 17.9 Å². The van der Waals surface area contributed by atoms with Gasteiger partial charge in [0.2, 0.25) is 11.8 Å². The molecule has 0 aliphatic rings. The van der Waals surface area contributed by atoms with Gasteiger partial charge in [-0.15, -0.1) is 0 Å². The zero-order chi connectivity index (χ0) is 16.7. The van der Waals surface area contributed by atoms with Crippen LogP contribution in [0, 0.1) is 5.92 Å². The SMILES string of the molecule is CC(C(=O)NCCOc1ccc(Cl)cn1)C(N)c1ccccc1. The number of hydrogen-bond donors (Lipinski definition) is 2. The molecular formula is C17H20ClN3O2. The van der Waals surface area contributed by atoms with Crippen LogP contribution in [0.5, 0.6) is 5.88 Å². The molecule has 2 rings (SSSR count). The van der Waals surface area contributed by atoms with Crippen LogP contribution in [0.3, 0.4) is 0 Å². The van der Waals surface area contributed by atoms with E-state index < -0.39 is 0 Å². The molecule has 5 nitrogen and oxygen atoms in total. The highest BCUT2D eigenvalue weighted by molar-refractivity contribution is 6.30. The number of aromatic nitrogens is 1. The monoisotopic (exact) mass is 333 g/mol. The van der Waals surface area contributed by atoms with Crippen LogP contribution in [0.15, 0.2) is 48.7 Å². The average Bonchev–Trinajstić information content (AvgIpc) is 2.59. The predicted octanol–water partition coefficient (Wildman–Crippen LogP) is 2.57. The van der Waals surface area contributed by atoms with Gasteiger partial charge in [-0.1, -0.05) is 48.9 Å². The number of pyridine rings is 1. The van der Waals surface area contributed by atoms with Gasteiger partial charge in [0.15, 0.2) is 0 Å². The predicted molar refractivity (Wildman–Crippen MR) is 90.3 cm³/mol. The van der Waals surface area contributed by atoms with Crippen molar-refractivity contribution in [3.8, 4) is 5.88 Å². The van der Waals surface area contributed by atoms with Crippen molar-refractivity contribution in [2.24, 2.45) is 11.7 Å². The number of rotatable bonds is 7. The number of carbonyl (C=O) groups is 1. The molecule has 0 fully saturated rings. The molecule has 0 aliphatic heterocycles. The number of hydrogen-bond acceptors (Lipinski definition) is 4. The summed E-state index contributed by atoms with van der Waals surface area (Å²) in [4.78, 5) is 16.1. The Hall–Kier alpha value is -2.11. The van der Waals surface area contributed by atoms with E-state index in [1.165, 1.54) is 6.20 Å². The first-order chi connectivity index (χ1) is 11.1. The van der Waals surface area contributed by atoms with Gasteiger partial charge in [0, 0.05) is 18.3 Å². The molecule has 1 heterocycles. The Morgan fingerprint density at radius 2 is 2.04 bits per heavy atom. The molecule has 2 atom stereocenters. The van der Waals surface area contributed by atoms with Crippen LogP contribution in [0.1, 0.15) is 18.5 Å². The number of nitrogens with one attached hydrogen (secondary N) is 1. The Bertz CT molecular complexity index is 619. The van der Waals surface area contributed by atoms with E-state index in [0.717, 1.165) is 5.56 Å². The first kappa shape index (κ1) is 17.2. The second kappa shape index (κ2) is 8.50. The number of ether oxygens (including phenoxy) is 1. The summed E-state index contributed by atoms with van der Waals surface area (Å²) >= 11 is 5.74. The maximum Gasteiger partial charge on any atom is 0.224 e. The molecule has 0 aliphatic carbocycles. The van der Waals surface area contributed by atoms with E-state index >= 15 is 0 Å². The first-order valence-electron chi connectivity index (χ1n) is 7.40. The fourth-order valence-corrected chi connectivity index (χ4v) is 2.18. The first-order valence-corrected chi connectivity index (χ1v) is 7.78. The second-order valence-electron chi connectivity index (χ2n) is 5.18. The fraction of sp³-hybridized carbons (Fsp3) is 0.294. The van der Waals surface area contributed by atoms with E-state index in [1.807, 2.05) is 37.3 Å². The average molecular weight is 334 g/mol. The molecule has 1 aromatic heterocycles. The lowest BCUT2D eigenvalue weighted by Crippen LogP contribution is -2.37. The maximum atomic E-state index is 12.1. The van der Waals surface area contributed by atoms with E-state index in [2.05, 4.69) is 10.3 Å². The number of amides is 1. The second-order valence-corrected chi connectivity index (χ2v) is 5.62. The summed E-state index contributed by atoms with van der Waals surface area (Å²) in [7, 11) is 0. The Balaban J connectivity index is 1.74. The minimum atomic E-state index is -0.338. The number of carbonyl (C=O) groups excluding carboxylic acids is 1. The quantitative estimate of drug-likeness (QED) is 0.763. The smallest absolute Gasteiger partial charge is 0.224 e. The third-order valence-corrected chi connectivity index (χ3v) is 3.71. The van der Waals surface area contributed by atoms with Crippen molar-refractivity contribution in [1.82, 2.24) is 10.3 Å². The van der Waals surface area contributed by atoms with Gasteiger partial charge >= 0.3 is 0 Å². The number of nitrogens with zero attached hydrogens (tertiary/aromatic N) is 1. The van der Waals surface area contributed by atoms with Gasteiger partial charge in [-0.2, -0.15) is 0 Å². The topological polar surface area (TPSA) is 77.2 Å². The van der Waals surface area contributed by atoms with E-state index in [1.54, 1.807) is 12.1 Å². The van der Waals surface area contributed by atoms with Gasteiger partial charge in [0.05, 0.1) is 17.5 Å². The summed E-state index contributed by atoms with van der Waals surface area (Å²) in [5.74, 6) is 0.0396. The summed E-state index contributed by atoms with van der Waals surface area (Å²) in [5.41, 5.74) is 7.08. The number of nitrogens with two attached hydrogens (primary N) is 1. The summed E-state index contributed by atoms with van der Waals surface area (Å²) < 4.78 is 5.42. The van der Waals surface area contributed by atoms with Gasteiger partial charge in [-0.25, -0.2) is 4.98 Å². The van der Waals surface area contributed by atoms with Gasteiger partial charge < -0.3 is 15.8 Å². The molecular weight excluding hydrogens is 314 g/mol. The highest BCUT2D eigenvalue weighted by atomic mass is 35.5. The molecule has 0 spiro atoms. The zero-order valence-electron chi connectivity index (χ0n) is 12.9. The lowest BCUT2D eigenvalue weighted by molar-refractivity contribution is -0.125. The van der Waals surface area contributed by atoms with Gasteiger partial charge in [0.1, 0.15) is 6.61 Å². The Morgan fingerprint density at radius 3 is 2.70 bits per heavy atom. The Labute approximate surface area is 140 Å². The Morgan fingerprint density at radius 1 is 1.30 bits per heavy atom. The normalized spacial score (nSPS) is 13.2.